The second-order valence-corrected chi connectivity index (χ2v) is 6.94. The Bertz CT molecular complexity index is 893. The number of hydrogen-bond acceptors (Lipinski definition) is 4. The van der Waals surface area contributed by atoms with Crippen molar-refractivity contribution in [3.63, 3.8) is 0 Å². The lowest BCUT2D eigenvalue weighted by Gasteiger charge is -2.23. The lowest BCUT2D eigenvalue weighted by Crippen LogP contribution is -2.41. The second-order valence-electron chi connectivity index (χ2n) is 6.53. The van der Waals surface area contributed by atoms with Gasteiger partial charge in [-0.05, 0) is 50.6 Å². The van der Waals surface area contributed by atoms with E-state index in [4.69, 9.17) is 16.3 Å². The van der Waals surface area contributed by atoms with Crippen molar-refractivity contribution in [2.75, 3.05) is 17.7 Å². The van der Waals surface area contributed by atoms with Crippen molar-refractivity contribution in [1.29, 1.82) is 0 Å². The molecule has 0 saturated carbocycles. The number of methoxy groups -OCH3 is 1. The largest absolute Gasteiger partial charge is 0.465 e. The number of amides is 2. The predicted octanol–water partition coefficient (Wildman–Crippen LogP) is 4.04. The van der Waals surface area contributed by atoms with Gasteiger partial charge >= 0.3 is 5.97 Å². The number of halogens is 1. The first-order valence-corrected chi connectivity index (χ1v) is 8.61. The number of anilines is 2. The van der Waals surface area contributed by atoms with Crippen LogP contribution in [-0.4, -0.2) is 24.9 Å². The first-order valence-electron chi connectivity index (χ1n) is 8.23. The highest BCUT2D eigenvalue weighted by molar-refractivity contribution is 6.31. The quantitative estimate of drug-likeness (QED) is 0.598. The van der Waals surface area contributed by atoms with Gasteiger partial charge in [0.1, 0.15) is 5.41 Å². The van der Waals surface area contributed by atoms with E-state index in [1.54, 1.807) is 36.4 Å². The second kappa shape index (κ2) is 8.22. The highest BCUT2D eigenvalue weighted by Crippen LogP contribution is 2.25. The molecular formula is C20H21ClN2O4. The zero-order chi connectivity index (χ0) is 20.2. The van der Waals surface area contributed by atoms with E-state index in [-0.39, 0.29) is 11.3 Å². The summed E-state index contributed by atoms with van der Waals surface area (Å²) in [5.74, 6) is -1.65. The maximum absolute atomic E-state index is 12.7. The molecule has 0 heterocycles. The molecule has 0 unspecified atom stereocenters. The smallest absolute Gasteiger partial charge is 0.339 e. The Labute approximate surface area is 162 Å². The number of hydrogen-bond donors (Lipinski definition) is 2. The van der Waals surface area contributed by atoms with Crippen LogP contribution in [0.1, 0.15) is 29.8 Å². The molecule has 2 aromatic carbocycles. The van der Waals surface area contributed by atoms with Gasteiger partial charge < -0.3 is 15.4 Å². The Balaban J connectivity index is 2.18. The van der Waals surface area contributed by atoms with Crippen molar-refractivity contribution in [1.82, 2.24) is 0 Å². The molecule has 0 spiro atoms. The van der Waals surface area contributed by atoms with Gasteiger partial charge in [0.2, 0.25) is 11.8 Å². The van der Waals surface area contributed by atoms with Gasteiger partial charge in [0.15, 0.2) is 0 Å². The van der Waals surface area contributed by atoms with Crippen molar-refractivity contribution in [2.45, 2.75) is 20.8 Å². The molecule has 2 N–H and O–H groups in total. The summed E-state index contributed by atoms with van der Waals surface area (Å²) < 4.78 is 4.71. The topological polar surface area (TPSA) is 84.5 Å². The van der Waals surface area contributed by atoms with Gasteiger partial charge in [-0.15, -0.1) is 0 Å². The standard InChI is InChI=1S/C20H21ClN2O4/c1-12-9-10-13(11-15(12)21)22-18(25)20(2,3)19(26)23-16-8-6-5-7-14(16)17(24)27-4/h5-11H,1-4H3,(H,22,25)(H,23,26). The third kappa shape index (κ3) is 4.65. The van der Waals surface area contributed by atoms with Crippen LogP contribution in [0.3, 0.4) is 0 Å². The first-order chi connectivity index (χ1) is 12.7. The van der Waals surface area contributed by atoms with E-state index in [2.05, 4.69) is 10.6 Å². The molecule has 0 atom stereocenters. The molecule has 0 aromatic heterocycles. The summed E-state index contributed by atoms with van der Waals surface area (Å²) in [5.41, 5.74) is 0.446. The number of aryl methyl sites for hydroxylation is 1. The number of benzene rings is 2. The molecule has 0 bridgehead atoms. The Morgan fingerprint density at radius 3 is 2.26 bits per heavy atom. The van der Waals surface area contributed by atoms with Gasteiger partial charge in [0.05, 0.1) is 18.4 Å². The number of rotatable bonds is 5. The molecule has 0 saturated heterocycles. The van der Waals surface area contributed by atoms with Crippen LogP contribution < -0.4 is 10.6 Å². The Morgan fingerprint density at radius 1 is 1.00 bits per heavy atom. The molecule has 2 aromatic rings. The fourth-order valence-electron chi connectivity index (χ4n) is 2.22. The van der Waals surface area contributed by atoms with Gasteiger partial charge in [-0.25, -0.2) is 4.79 Å². The van der Waals surface area contributed by atoms with Crippen LogP contribution in [0.15, 0.2) is 42.5 Å². The first kappa shape index (κ1) is 20.5. The minimum Gasteiger partial charge on any atom is -0.465 e. The molecule has 7 heteroatoms. The molecule has 6 nitrogen and oxygen atoms in total. The van der Waals surface area contributed by atoms with Gasteiger partial charge in [-0.3, -0.25) is 9.59 Å². The third-order valence-corrected chi connectivity index (χ3v) is 4.55. The summed E-state index contributed by atoms with van der Waals surface area (Å²) in [6.07, 6.45) is 0. The van der Waals surface area contributed by atoms with Crippen LogP contribution in [0.4, 0.5) is 11.4 Å². The van der Waals surface area contributed by atoms with E-state index >= 15 is 0 Å². The summed E-state index contributed by atoms with van der Waals surface area (Å²) in [5, 5.41) is 5.83. The van der Waals surface area contributed by atoms with Gasteiger partial charge in [-0.2, -0.15) is 0 Å². The number of esters is 1. The lowest BCUT2D eigenvalue weighted by atomic mass is 9.90. The number of carbonyl (C=O) groups is 3. The molecular weight excluding hydrogens is 368 g/mol. The van der Waals surface area contributed by atoms with E-state index in [1.807, 2.05) is 6.92 Å². The van der Waals surface area contributed by atoms with E-state index in [1.165, 1.54) is 27.0 Å². The van der Waals surface area contributed by atoms with E-state index in [0.717, 1.165) is 5.56 Å². The van der Waals surface area contributed by atoms with Crippen LogP contribution in [0.25, 0.3) is 0 Å². The van der Waals surface area contributed by atoms with Gasteiger partial charge in [-0.1, -0.05) is 29.8 Å². The summed E-state index contributed by atoms with van der Waals surface area (Å²) in [7, 11) is 1.25. The van der Waals surface area contributed by atoms with E-state index in [0.29, 0.717) is 10.7 Å². The zero-order valence-corrected chi connectivity index (χ0v) is 16.3. The molecule has 0 aliphatic rings. The van der Waals surface area contributed by atoms with E-state index < -0.39 is 23.2 Å². The SMILES string of the molecule is COC(=O)c1ccccc1NC(=O)C(C)(C)C(=O)Nc1ccc(C)c(Cl)c1. The number of ether oxygens (including phenoxy) is 1. The summed E-state index contributed by atoms with van der Waals surface area (Å²) in [6.45, 7) is 4.84. The van der Waals surface area contributed by atoms with Crippen LogP contribution >= 0.6 is 11.6 Å². The normalized spacial score (nSPS) is 10.9. The van der Waals surface area contributed by atoms with Crippen molar-refractivity contribution in [3.8, 4) is 0 Å². The molecule has 27 heavy (non-hydrogen) atoms. The highest BCUT2D eigenvalue weighted by atomic mass is 35.5. The summed E-state index contributed by atoms with van der Waals surface area (Å²) in [6, 6.07) is 11.5. The number of nitrogens with one attached hydrogen (secondary N) is 2. The van der Waals surface area contributed by atoms with Crippen LogP contribution in [0.5, 0.6) is 0 Å². The third-order valence-electron chi connectivity index (χ3n) is 4.15. The molecule has 2 amide bonds. The minimum atomic E-state index is -1.40. The summed E-state index contributed by atoms with van der Waals surface area (Å²) >= 11 is 6.07. The average molecular weight is 389 g/mol. The molecule has 0 radical (unpaired) electrons. The fraction of sp³-hybridized carbons (Fsp3) is 0.250. The van der Waals surface area contributed by atoms with Crippen LogP contribution in [0, 0.1) is 12.3 Å². The molecule has 142 valence electrons. The van der Waals surface area contributed by atoms with Crippen molar-refractivity contribution in [2.24, 2.45) is 5.41 Å². The Morgan fingerprint density at radius 2 is 1.63 bits per heavy atom. The minimum absolute atomic E-state index is 0.204. The lowest BCUT2D eigenvalue weighted by molar-refractivity contribution is -0.135. The average Bonchev–Trinajstić information content (AvgIpc) is 2.64. The summed E-state index contributed by atoms with van der Waals surface area (Å²) in [4.78, 5) is 37.2. The maximum Gasteiger partial charge on any atom is 0.339 e. The molecule has 0 aliphatic carbocycles. The monoisotopic (exact) mass is 388 g/mol. The predicted molar refractivity (Wildman–Crippen MR) is 105 cm³/mol. The van der Waals surface area contributed by atoms with Gasteiger partial charge in [0.25, 0.3) is 0 Å². The number of para-hydroxylation sites is 1. The van der Waals surface area contributed by atoms with Gasteiger partial charge in [0, 0.05) is 10.7 Å². The van der Waals surface area contributed by atoms with Crippen molar-refractivity contribution >= 4 is 40.8 Å². The van der Waals surface area contributed by atoms with Crippen molar-refractivity contribution in [3.05, 3.63) is 58.6 Å². The highest BCUT2D eigenvalue weighted by Gasteiger charge is 2.36. The van der Waals surface area contributed by atoms with Crippen LogP contribution in [0.2, 0.25) is 5.02 Å². The Kier molecular flexibility index (Phi) is 6.23. The van der Waals surface area contributed by atoms with Crippen molar-refractivity contribution < 1.29 is 19.1 Å². The molecule has 2 rings (SSSR count). The Hall–Kier alpha value is -2.86. The molecule has 0 aliphatic heterocycles. The zero-order valence-electron chi connectivity index (χ0n) is 15.6. The van der Waals surface area contributed by atoms with Crippen LogP contribution in [-0.2, 0) is 14.3 Å². The number of carbonyl (C=O) groups excluding carboxylic acids is 3. The molecule has 0 fully saturated rings. The fourth-order valence-corrected chi connectivity index (χ4v) is 2.40. The maximum atomic E-state index is 12.7. The van der Waals surface area contributed by atoms with E-state index in [9.17, 15) is 14.4 Å².